The van der Waals surface area contributed by atoms with E-state index < -0.39 is 17.9 Å². The zero-order valence-corrected chi connectivity index (χ0v) is 13.8. The molecule has 1 N–H and O–H groups in total. The van der Waals surface area contributed by atoms with Crippen molar-refractivity contribution in [2.45, 2.75) is 12.1 Å². The number of benzene rings is 2. The number of imide groups is 1. The van der Waals surface area contributed by atoms with Crippen LogP contribution in [0.25, 0.3) is 6.08 Å². The second-order valence-corrected chi connectivity index (χ2v) is 6.92. The van der Waals surface area contributed by atoms with E-state index in [4.69, 9.17) is 0 Å². The molecule has 3 aliphatic rings. The Hall–Kier alpha value is -3.21. The van der Waals surface area contributed by atoms with Crippen LogP contribution in [0.4, 0.5) is 0 Å². The molecular weight excluding hydrogens is 328 g/mol. The van der Waals surface area contributed by atoms with E-state index in [1.165, 1.54) is 0 Å². The number of carbonyl (C=O) groups is 3. The minimum atomic E-state index is -0.677. The molecule has 2 fully saturated rings. The van der Waals surface area contributed by atoms with Gasteiger partial charge in [0.1, 0.15) is 6.04 Å². The van der Waals surface area contributed by atoms with Crippen molar-refractivity contribution in [3.8, 4) is 0 Å². The van der Waals surface area contributed by atoms with Crippen LogP contribution in [0.2, 0.25) is 0 Å². The van der Waals surface area contributed by atoms with Crippen molar-refractivity contribution in [3.63, 3.8) is 0 Å². The molecule has 0 aliphatic carbocycles. The summed E-state index contributed by atoms with van der Waals surface area (Å²) in [5.41, 5.74) is 2.56. The number of carbonyl (C=O) groups excluding carboxylic acids is 3. The highest BCUT2D eigenvalue weighted by Gasteiger charge is 2.61. The van der Waals surface area contributed by atoms with Crippen molar-refractivity contribution < 1.29 is 14.4 Å². The summed E-state index contributed by atoms with van der Waals surface area (Å²) in [6.07, 6.45) is 3.80. The zero-order valence-electron chi connectivity index (χ0n) is 13.8. The zero-order chi connectivity index (χ0) is 17.8. The summed E-state index contributed by atoms with van der Waals surface area (Å²) in [4.78, 5) is 40.2. The Kier molecular flexibility index (Phi) is 3.13. The summed E-state index contributed by atoms with van der Waals surface area (Å²) in [6.45, 7) is 0. The van der Waals surface area contributed by atoms with E-state index in [2.05, 4.69) is 5.32 Å². The lowest BCUT2D eigenvalue weighted by molar-refractivity contribution is -0.127. The van der Waals surface area contributed by atoms with Crippen LogP contribution in [-0.4, -0.2) is 28.5 Å². The number of amides is 2. The molecular formula is C21H16N2O3. The maximum absolute atomic E-state index is 13.2. The largest absolute Gasteiger partial charge is 0.358 e. The number of rotatable bonds is 2. The van der Waals surface area contributed by atoms with Gasteiger partial charge in [0, 0.05) is 11.8 Å². The Labute approximate surface area is 150 Å². The first kappa shape index (κ1) is 15.1. The van der Waals surface area contributed by atoms with E-state index in [1.54, 1.807) is 24.3 Å². The van der Waals surface area contributed by atoms with Crippen LogP contribution >= 0.6 is 0 Å². The van der Waals surface area contributed by atoms with Crippen molar-refractivity contribution in [2.75, 3.05) is 0 Å². The van der Waals surface area contributed by atoms with Crippen molar-refractivity contribution in [1.29, 1.82) is 0 Å². The lowest BCUT2D eigenvalue weighted by Gasteiger charge is -2.34. The predicted molar refractivity (Wildman–Crippen MR) is 94.7 cm³/mol. The summed E-state index contributed by atoms with van der Waals surface area (Å²) in [6, 6.07) is 15.8. The molecule has 0 bridgehead atoms. The molecule has 2 amide bonds. The van der Waals surface area contributed by atoms with E-state index >= 15 is 0 Å². The topological polar surface area (TPSA) is 66.5 Å². The fourth-order valence-corrected chi connectivity index (χ4v) is 4.55. The second-order valence-electron chi connectivity index (χ2n) is 6.92. The number of hydrogen-bond donors (Lipinski definition) is 1. The molecule has 0 saturated carbocycles. The van der Waals surface area contributed by atoms with Gasteiger partial charge in [-0.15, -0.1) is 0 Å². The molecule has 5 rings (SSSR count). The van der Waals surface area contributed by atoms with Gasteiger partial charge < -0.3 is 4.90 Å². The van der Waals surface area contributed by atoms with E-state index in [1.807, 2.05) is 47.5 Å². The number of nitrogens with one attached hydrogen (secondary N) is 1. The summed E-state index contributed by atoms with van der Waals surface area (Å²) < 4.78 is 0. The summed E-state index contributed by atoms with van der Waals surface area (Å²) in [7, 11) is 0. The van der Waals surface area contributed by atoms with Crippen LogP contribution in [0.1, 0.15) is 27.5 Å². The van der Waals surface area contributed by atoms with Crippen LogP contribution in [0.5, 0.6) is 0 Å². The normalized spacial score (nSPS) is 28.4. The lowest BCUT2D eigenvalue weighted by Crippen LogP contribution is -2.42. The van der Waals surface area contributed by atoms with E-state index in [-0.39, 0.29) is 23.6 Å². The summed E-state index contributed by atoms with van der Waals surface area (Å²) in [5, 5.41) is 2.44. The second kappa shape index (κ2) is 5.39. The van der Waals surface area contributed by atoms with Crippen LogP contribution < -0.4 is 5.32 Å². The van der Waals surface area contributed by atoms with Gasteiger partial charge in [-0.2, -0.15) is 0 Å². The molecule has 2 aromatic carbocycles. The van der Waals surface area contributed by atoms with Gasteiger partial charge in [-0.05, 0) is 17.2 Å². The smallest absolute Gasteiger partial charge is 0.233 e. The minimum Gasteiger partial charge on any atom is -0.358 e. The fourth-order valence-electron chi connectivity index (χ4n) is 4.55. The Morgan fingerprint density at radius 2 is 1.58 bits per heavy atom. The quantitative estimate of drug-likeness (QED) is 0.670. The van der Waals surface area contributed by atoms with E-state index in [0.717, 1.165) is 11.1 Å². The molecule has 0 unspecified atom stereocenters. The molecule has 128 valence electrons. The number of nitrogens with zero attached hydrogens (tertiary/aromatic N) is 1. The van der Waals surface area contributed by atoms with Gasteiger partial charge in [0.25, 0.3) is 0 Å². The first-order valence-electron chi connectivity index (χ1n) is 8.65. The lowest BCUT2D eigenvalue weighted by atomic mass is 9.83. The third kappa shape index (κ3) is 1.94. The Balaban J connectivity index is 1.66. The maximum atomic E-state index is 13.2. The van der Waals surface area contributed by atoms with Crippen LogP contribution in [0.3, 0.4) is 0 Å². The standard InChI is InChI=1S/C21H16N2O3/c24-19(13-7-2-1-3-8-13)18-16-15(20(25)22-21(16)26)17-14-9-5-4-6-12(14)10-11-23(17)18/h1-11,15-18H,(H,22,25,26)/t15-,16+,17+,18-/m0/s1. The summed E-state index contributed by atoms with van der Waals surface area (Å²) in [5.74, 6) is -1.99. The molecule has 0 spiro atoms. The van der Waals surface area contributed by atoms with Crippen LogP contribution in [0, 0.1) is 11.8 Å². The van der Waals surface area contributed by atoms with Gasteiger partial charge in [0.05, 0.1) is 17.9 Å². The molecule has 0 aromatic heterocycles. The molecule has 0 radical (unpaired) electrons. The highest BCUT2D eigenvalue weighted by atomic mass is 16.2. The monoisotopic (exact) mass is 344 g/mol. The van der Waals surface area contributed by atoms with Gasteiger partial charge in [-0.1, -0.05) is 54.6 Å². The Bertz CT molecular complexity index is 966. The maximum Gasteiger partial charge on any atom is 0.233 e. The Morgan fingerprint density at radius 1 is 0.885 bits per heavy atom. The van der Waals surface area contributed by atoms with E-state index in [0.29, 0.717) is 5.56 Å². The van der Waals surface area contributed by atoms with Crippen LogP contribution in [0.15, 0.2) is 60.8 Å². The average Bonchev–Trinajstić information content (AvgIpc) is 3.17. The molecule has 3 aliphatic heterocycles. The number of hydrogen-bond acceptors (Lipinski definition) is 4. The van der Waals surface area contributed by atoms with Crippen molar-refractivity contribution in [2.24, 2.45) is 11.8 Å². The van der Waals surface area contributed by atoms with Gasteiger partial charge in [-0.3, -0.25) is 19.7 Å². The average molecular weight is 344 g/mol. The molecule has 2 saturated heterocycles. The number of ketones is 1. The third-order valence-corrected chi connectivity index (χ3v) is 5.63. The Morgan fingerprint density at radius 3 is 2.38 bits per heavy atom. The van der Waals surface area contributed by atoms with Gasteiger partial charge in [-0.25, -0.2) is 0 Å². The summed E-state index contributed by atoms with van der Waals surface area (Å²) >= 11 is 0. The molecule has 26 heavy (non-hydrogen) atoms. The minimum absolute atomic E-state index is 0.128. The first-order chi connectivity index (χ1) is 12.7. The number of Topliss-reactive ketones (excluding diaryl/α,β-unsaturated/α-hetero) is 1. The predicted octanol–water partition coefficient (Wildman–Crippen LogP) is 2.17. The highest BCUT2D eigenvalue weighted by Crippen LogP contribution is 2.51. The molecule has 5 heteroatoms. The van der Waals surface area contributed by atoms with Gasteiger partial charge >= 0.3 is 0 Å². The third-order valence-electron chi connectivity index (χ3n) is 5.63. The molecule has 5 nitrogen and oxygen atoms in total. The van der Waals surface area contributed by atoms with Crippen molar-refractivity contribution in [3.05, 3.63) is 77.5 Å². The van der Waals surface area contributed by atoms with Crippen LogP contribution in [-0.2, 0) is 9.59 Å². The van der Waals surface area contributed by atoms with Crippen molar-refractivity contribution in [1.82, 2.24) is 10.2 Å². The molecule has 3 heterocycles. The fraction of sp³-hybridized carbons (Fsp3) is 0.190. The SMILES string of the molecule is O=C1NC(=O)[C@H]2[C@@H]1[C@@H](C(=O)c1ccccc1)N1C=Cc3ccccc3[C@H]21. The highest BCUT2D eigenvalue weighted by molar-refractivity contribution is 6.12. The number of fused-ring (bicyclic) bond motifs is 5. The van der Waals surface area contributed by atoms with Gasteiger partial charge in [0.15, 0.2) is 5.78 Å². The van der Waals surface area contributed by atoms with E-state index in [9.17, 15) is 14.4 Å². The molecule has 2 aromatic rings. The first-order valence-corrected chi connectivity index (χ1v) is 8.65. The van der Waals surface area contributed by atoms with Crippen molar-refractivity contribution >= 4 is 23.7 Å². The molecule has 4 atom stereocenters. The van der Waals surface area contributed by atoms with Gasteiger partial charge in [0.2, 0.25) is 11.8 Å².